The van der Waals surface area contributed by atoms with E-state index in [1.165, 1.54) is 0 Å². The number of amides is 2. The van der Waals surface area contributed by atoms with Crippen molar-refractivity contribution in [2.24, 2.45) is 0 Å². The first-order valence-electron chi connectivity index (χ1n) is 9.38. The summed E-state index contributed by atoms with van der Waals surface area (Å²) in [5.41, 5.74) is 2.54. The van der Waals surface area contributed by atoms with Crippen LogP contribution in [0.4, 0.5) is 0 Å². The van der Waals surface area contributed by atoms with Crippen molar-refractivity contribution in [3.8, 4) is 0 Å². The molecule has 0 aliphatic carbocycles. The van der Waals surface area contributed by atoms with Gasteiger partial charge in [0.1, 0.15) is 6.04 Å². The summed E-state index contributed by atoms with van der Waals surface area (Å²) in [7, 11) is 0. The molecule has 3 rings (SSSR count). The lowest BCUT2D eigenvalue weighted by molar-refractivity contribution is -0.123. The number of rotatable bonds is 7. The predicted molar refractivity (Wildman–Crippen MR) is 111 cm³/mol. The largest absolute Gasteiger partial charge is 0.348 e. The van der Waals surface area contributed by atoms with Gasteiger partial charge in [0.2, 0.25) is 5.91 Å². The van der Waals surface area contributed by atoms with Crippen LogP contribution >= 0.6 is 0 Å². The molecule has 0 saturated heterocycles. The first-order chi connectivity index (χ1) is 13.6. The third-order valence-corrected chi connectivity index (χ3v) is 4.60. The van der Waals surface area contributed by atoms with Gasteiger partial charge in [-0.15, -0.1) is 0 Å². The molecule has 28 heavy (non-hydrogen) atoms. The molecule has 0 aromatic heterocycles. The Morgan fingerprint density at radius 3 is 1.89 bits per heavy atom. The number of hydrogen-bond acceptors (Lipinski definition) is 2. The van der Waals surface area contributed by atoms with Gasteiger partial charge in [0.15, 0.2) is 0 Å². The van der Waals surface area contributed by atoms with Gasteiger partial charge in [-0.2, -0.15) is 0 Å². The number of carbonyl (C=O) groups is 2. The zero-order valence-corrected chi connectivity index (χ0v) is 15.8. The topological polar surface area (TPSA) is 58.2 Å². The van der Waals surface area contributed by atoms with Crippen molar-refractivity contribution in [3.05, 3.63) is 108 Å². The fourth-order valence-corrected chi connectivity index (χ4v) is 3.03. The van der Waals surface area contributed by atoms with Crippen LogP contribution in [0.5, 0.6) is 0 Å². The van der Waals surface area contributed by atoms with E-state index >= 15 is 0 Å². The standard InChI is InChI=1S/C24H24N2O2/c1-18(20-13-7-3-8-14-20)25-24(28)22(17-19-11-5-2-6-12-19)26-23(27)21-15-9-4-10-16-21/h2-16,18,22H,17H2,1H3,(H,25,28)(H,26,27)/t18-,22-/m0/s1. The van der Waals surface area contributed by atoms with E-state index < -0.39 is 6.04 Å². The normalized spacial score (nSPS) is 12.6. The maximum Gasteiger partial charge on any atom is 0.251 e. The highest BCUT2D eigenvalue weighted by atomic mass is 16.2. The molecule has 4 nitrogen and oxygen atoms in total. The third-order valence-electron chi connectivity index (χ3n) is 4.60. The Morgan fingerprint density at radius 2 is 1.29 bits per heavy atom. The van der Waals surface area contributed by atoms with Gasteiger partial charge in [0.25, 0.3) is 5.91 Å². The number of benzene rings is 3. The summed E-state index contributed by atoms with van der Waals surface area (Å²) in [4.78, 5) is 25.6. The van der Waals surface area contributed by atoms with Gasteiger partial charge in [-0.1, -0.05) is 78.9 Å². The first kappa shape index (κ1) is 19.4. The molecule has 0 fully saturated rings. The average molecular weight is 372 g/mol. The molecule has 4 heteroatoms. The molecule has 142 valence electrons. The van der Waals surface area contributed by atoms with E-state index in [0.717, 1.165) is 11.1 Å². The summed E-state index contributed by atoms with van der Waals surface area (Å²) in [5, 5.41) is 5.91. The van der Waals surface area contributed by atoms with Crippen molar-refractivity contribution in [2.75, 3.05) is 0 Å². The van der Waals surface area contributed by atoms with Crippen molar-refractivity contribution in [1.29, 1.82) is 0 Å². The zero-order chi connectivity index (χ0) is 19.8. The van der Waals surface area contributed by atoms with Crippen LogP contribution < -0.4 is 10.6 Å². The molecule has 2 N–H and O–H groups in total. The molecular formula is C24H24N2O2. The molecule has 0 saturated carbocycles. The number of nitrogens with one attached hydrogen (secondary N) is 2. The minimum absolute atomic E-state index is 0.152. The monoisotopic (exact) mass is 372 g/mol. The van der Waals surface area contributed by atoms with Crippen LogP contribution in [0.3, 0.4) is 0 Å². The molecule has 0 aliphatic heterocycles. The fourth-order valence-electron chi connectivity index (χ4n) is 3.03. The van der Waals surface area contributed by atoms with Crippen LogP contribution in [0.15, 0.2) is 91.0 Å². The van der Waals surface area contributed by atoms with Gasteiger partial charge in [-0.25, -0.2) is 0 Å². The Morgan fingerprint density at radius 1 is 0.750 bits per heavy atom. The van der Waals surface area contributed by atoms with Gasteiger partial charge in [0.05, 0.1) is 6.04 Å². The molecule has 2 amide bonds. The van der Waals surface area contributed by atoms with Gasteiger partial charge in [-0.3, -0.25) is 9.59 Å². The fraction of sp³-hybridized carbons (Fsp3) is 0.167. The third kappa shape index (κ3) is 5.30. The molecule has 3 aromatic carbocycles. The van der Waals surface area contributed by atoms with E-state index in [4.69, 9.17) is 0 Å². The molecule has 0 heterocycles. The maximum absolute atomic E-state index is 13.0. The Labute approximate surface area is 165 Å². The number of hydrogen-bond donors (Lipinski definition) is 2. The minimum Gasteiger partial charge on any atom is -0.348 e. The molecular weight excluding hydrogens is 348 g/mol. The SMILES string of the molecule is C[C@H](NC(=O)[C@H](Cc1ccccc1)NC(=O)c1ccccc1)c1ccccc1. The second-order valence-electron chi connectivity index (χ2n) is 6.72. The lowest BCUT2D eigenvalue weighted by atomic mass is 10.0. The quantitative estimate of drug-likeness (QED) is 0.661. The van der Waals surface area contributed by atoms with Gasteiger partial charge < -0.3 is 10.6 Å². The summed E-state index contributed by atoms with van der Waals surface area (Å²) in [6.07, 6.45) is 0.423. The summed E-state index contributed by atoms with van der Waals surface area (Å²) in [5.74, 6) is -0.464. The summed E-state index contributed by atoms with van der Waals surface area (Å²) in [6.45, 7) is 1.94. The van der Waals surface area contributed by atoms with Gasteiger partial charge in [0, 0.05) is 12.0 Å². The van der Waals surface area contributed by atoms with E-state index in [9.17, 15) is 9.59 Å². The van der Waals surface area contributed by atoms with E-state index in [1.54, 1.807) is 24.3 Å². The van der Waals surface area contributed by atoms with Crippen LogP contribution in [0, 0.1) is 0 Å². The smallest absolute Gasteiger partial charge is 0.251 e. The van der Waals surface area contributed by atoms with Crippen LogP contribution in [-0.2, 0) is 11.2 Å². The highest BCUT2D eigenvalue weighted by Crippen LogP contribution is 2.12. The minimum atomic E-state index is -0.665. The Bertz CT molecular complexity index is 896. The molecule has 0 bridgehead atoms. The highest BCUT2D eigenvalue weighted by Gasteiger charge is 2.23. The molecule has 0 aliphatic rings. The second kappa shape index (κ2) is 9.51. The molecule has 3 aromatic rings. The van der Waals surface area contributed by atoms with E-state index in [0.29, 0.717) is 12.0 Å². The Hall–Kier alpha value is -3.40. The Balaban J connectivity index is 1.75. The first-order valence-corrected chi connectivity index (χ1v) is 9.38. The molecule has 0 unspecified atom stereocenters. The number of carbonyl (C=O) groups excluding carboxylic acids is 2. The van der Waals surface area contributed by atoms with Crippen molar-refractivity contribution < 1.29 is 9.59 Å². The summed E-state index contributed by atoms with van der Waals surface area (Å²) in [6, 6.07) is 27.6. The highest BCUT2D eigenvalue weighted by molar-refractivity contribution is 5.97. The van der Waals surface area contributed by atoms with E-state index in [-0.39, 0.29) is 17.9 Å². The zero-order valence-electron chi connectivity index (χ0n) is 15.8. The second-order valence-corrected chi connectivity index (χ2v) is 6.72. The Kier molecular flexibility index (Phi) is 6.58. The van der Waals surface area contributed by atoms with Crippen molar-refractivity contribution >= 4 is 11.8 Å². The predicted octanol–water partition coefficient (Wildman–Crippen LogP) is 3.91. The molecule has 0 spiro atoms. The van der Waals surface area contributed by atoms with Crippen LogP contribution in [0.1, 0.15) is 34.5 Å². The molecule has 0 radical (unpaired) electrons. The van der Waals surface area contributed by atoms with Crippen molar-refractivity contribution in [1.82, 2.24) is 10.6 Å². The van der Waals surface area contributed by atoms with E-state index in [2.05, 4.69) is 10.6 Å². The average Bonchev–Trinajstić information content (AvgIpc) is 2.75. The molecule has 2 atom stereocenters. The van der Waals surface area contributed by atoms with Gasteiger partial charge in [-0.05, 0) is 30.2 Å². The van der Waals surface area contributed by atoms with Crippen molar-refractivity contribution in [2.45, 2.75) is 25.4 Å². The maximum atomic E-state index is 13.0. The van der Waals surface area contributed by atoms with E-state index in [1.807, 2.05) is 73.7 Å². The summed E-state index contributed by atoms with van der Waals surface area (Å²) >= 11 is 0. The lowest BCUT2D eigenvalue weighted by Crippen LogP contribution is -2.48. The van der Waals surface area contributed by atoms with Crippen LogP contribution in [-0.4, -0.2) is 17.9 Å². The van der Waals surface area contributed by atoms with Crippen LogP contribution in [0.25, 0.3) is 0 Å². The van der Waals surface area contributed by atoms with Crippen molar-refractivity contribution in [3.63, 3.8) is 0 Å². The van der Waals surface area contributed by atoms with Crippen LogP contribution in [0.2, 0.25) is 0 Å². The van der Waals surface area contributed by atoms with Gasteiger partial charge >= 0.3 is 0 Å². The lowest BCUT2D eigenvalue weighted by Gasteiger charge is -2.22. The summed E-state index contributed by atoms with van der Waals surface area (Å²) < 4.78 is 0.